The van der Waals surface area contributed by atoms with E-state index in [0.29, 0.717) is 45.2 Å². The minimum Gasteiger partial charge on any atom is -0.508 e. The van der Waals surface area contributed by atoms with E-state index in [1.807, 2.05) is 0 Å². The van der Waals surface area contributed by atoms with Crippen molar-refractivity contribution in [2.24, 2.45) is 0 Å². The second-order valence-electron chi connectivity index (χ2n) is 13.8. The lowest BCUT2D eigenvalue weighted by molar-refractivity contribution is -0.146. The molecule has 1 aromatic carbocycles. The van der Waals surface area contributed by atoms with Crippen molar-refractivity contribution in [1.82, 2.24) is 20.4 Å². The van der Waals surface area contributed by atoms with E-state index in [-0.39, 0.29) is 24.0 Å². The van der Waals surface area contributed by atoms with Crippen molar-refractivity contribution in [1.29, 1.82) is 0 Å². The van der Waals surface area contributed by atoms with Crippen LogP contribution in [0.15, 0.2) is 48.6 Å². The fourth-order valence-electron chi connectivity index (χ4n) is 6.81. The molecule has 0 unspecified atom stereocenters. The number of aliphatic carboxylic acids is 1. The van der Waals surface area contributed by atoms with Crippen LogP contribution in [0.3, 0.4) is 0 Å². The number of carbonyl (C=O) groups is 5. The minimum absolute atomic E-state index is 0.00759. The van der Waals surface area contributed by atoms with E-state index in [0.717, 1.165) is 56.9 Å². The lowest BCUT2D eigenvalue weighted by Gasteiger charge is -2.31. The zero-order valence-electron chi connectivity index (χ0n) is 30.5. The molecule has 0 radical (unpaired) electrons. The van der Waals surface area contributed by atoms with Gasteiger partial charge >= 0.3 is 5.97 Å². The number of phenolic OH excluding ortho intramolecular Hbond substituents is 1. The number of benzene rings is 1. The van der Waals surface area contributed by atoms with E-state index in [4.69, 9.17) is 0 Å². The van der Waals surface area contributed by atoms with Crippen LogP contribution in [0.5, 0.6) is 5.75 Å². The number of carboxylic acids is 1. The van der Waals surface area contributed by atoms with E-state index >= 15 is 0 Å². The van der Waals surface area contributed by atoms with Gasteiger partial charge in [0.05, 0.1) is 6.54 Å². The summed E-state index contributed by atoms with van der Waals surface area (Å²) in [7, 11) is 0. The number of hydrogen-bond donors (Lipinski definition) is 4. The Morgan fingerprint density at radius 2 is 1.45 bits per heavy atom. The van der Waals surface area contributed by atoms with E-state index in [1.165, 1.54) is 37.8 Å². The molecule has 0 spiro atoms. The smallest absolute Gasteiger partial charge is 0.326 e. The largest absolute Gasteiger partial charge is 0.508 e. The third-order valence-corrected chi connectivity index (χ3v) is 9.75. The number of hydrogen-bond acceptors (Lipinski definition) is 6. The predicted octanol–water partition coefficient (Wildman–Crippen LogP) is 5.81. The van der Waals surface area contributed by atoms with Gasteiger partial charge in [0, 0.05) is 19.5 Å². The van der Waals surface area contributed by atoms with Crippen LogP contribution in [0.1, 0.15) is 122 Å². The summed E-state index contributed by atoms with van der Waals surface area (Å²) in [6.07, 6.45) is 24.6. The summed E-state index contributed by atoms with van der Waals surface area (Å²) >= 11 is 0. The van der Waals surface area contributed by atoms with Crippen LogP contribution < -0.4 is 10.6 Å². The molecule has 2 aliphatic heterocycles. The Morgan fingerprint density at radius 3 is 2.14 bits per heavy atom. The number of carbonyl (C=O) groups excluding carboxylic acids is 4. The highest BCUT2D eigenvalue weighted by molar-refractivity contribution is 5.94. The standard InChI is InChI=1S/C40H60N4O7/c1-2-3-4-5-6-7-8-9-10-11-12-13-14-15-16-21-37(47)43-28-18-20-35(43)39(49)44-29-17-19-34(44)38(48)41-30-36(46)42-33(40(50)51)27-24-31-22-25-32(45)26-23-31/h6-7,9-10,22-23,25-26,33-35,45H,2-5,8,11-21,24,27-30H2,1H3,(H,41,48)(H,42,46)(H,50,51)/b7-6-,10-9-/t33-,34-,35-/m0/s1. The molecule has 2 fully saturated rings. The van der Waals surface area contributed by atoms with Gasteiger partial charge in [-0.2, -0.15) is 0 Å². The Hall–Kier alpha value is -4.15. The van der Waals surface area contributed by atoms with Gasteiger partial charge in [-0.25, -0.2) is 4.79 Å². The molecule has 0 aliphatic carbocycles. The third kappa shape index (κ3) is 14.9. The summed E-state index contributed by atoms with van der Waals surface area (Å²) < 4.78 is 0. The van der Waals surface area contributed by atoms with Crippen molar-refractivity contribution in [2.75, 3.05) is 19.6 Å². The van der Waals surface area contributed by atoms with Crippen LogP contribution in [0.4, 0.5) is 0 Å². The maximum atomic E-state index is 13.6. The normalized spacial score (nSPS) is 18.1. The highest BCUT2D eigenvalue weighted by Gasteiger charge is 2.42. The first-order valence-electron chi connectivity index (χ1n) is 19.2. The van der Waals surface area contributed by atoms with Crippen molar-refractivity contribution in [3.05, 3.63) is 54.1 Å². The molecule has 282 valence electrons. The summed E-state index contributed by atoms with van der Waals surface area (Å²) in [6, 6.07) is 3.93. The van der Waals surface area contributed by atoms with Gasteiger partial charge in [-0.15, -0.1) is 0 Å². The molecule has 2 saturated heterocycles. The fraction of sp³-hybridized carbons (Fsp3) is 0.625. The summed E-state index contributed by atoms with van der Waals surface area (Å²) in [5.74, 6) is -2.41. The Morgan fingerprint density at radius 1 is 0.824 bits per heavy atom. The number of allylic oxidation sites excluding steroid dienone is 4. The molecule has 11 heteroatoms. The quantitative estimate of drug-likeness (QED) is 0.0827. The molecule has 4 amide bonds. The highest BCUT2D eigenvalue weighted by Crippen LogP contribution is 2.26. The number of carboxylic acid groups (broad SMARTS) is 1. The first-order chi connectivity index (χ1) is 24.7. The number of aromatic hydroxyl groups is 1. The van der Waals surface area contributed by atoms with Crippen LogP contribution in [-0.2, 0) is 30.4 Å². The molecular formula is C40H60N4O7. The molecule has 2 heterocycles. The molecule has 3 atom stereocenters. The summed E-state index contributed by atoms with van der Waals surface area (Å²) in [5.41, 5.74) is 0.816. The van der Waals surface area contributed by atoms with Crippen LogP contribution >= 0.6 is 0 Å². The second-order valence-corrected chi connectivity index (χ2v) is 13.8. The van der Waals surface area contributed by atoms with E-state index < -0.39 is 42.5 Å². The number of nitrogens with one attached hydrogen (secondary N) is 2. The Kier molecular flexibility index (Phi) is 18.9. The first-order valence-corrected chi connectivity index (χ1v) is 19.2. The van der Waals surface area contributed by atoms with Crippen LogP contribution in [-0.4, -0.2) is 87.4 Å². The topological polar surface area (TPSA) is 156 Å². The number of phenols is 1. The van der Waals surface area contributed by atoms with Gasteiger partial charge in [0.2, 0.25) is 23.6 Å². The predicted molar refractivity (Wildman–Crippen MR) is 198 cm³/mol. The SMILES string of the molecule is CCCCC/C=C\C/C=C\CCCCCCCC(=O)N1CCC[C@H]1C(=O)N1CCC[C@H]1C(=O)NCC(=O)N[C@@H](CCc1ccc(O)cc1)C(=O)O. The van der Waals surface area contributed by atoms with E-state index in [1.54, 1.807) is 21.9 Å². The number of aryl methyl sites for hydroxylation is 1. The summed E-state index contributed by atoms with van der Waals surface area (Å²) in [6.45, 7) is 2.75. The molecule has 0 bridgehead atoms. The van der Waals surface area contributed by atoms with E-state index in [9.17, 15) is 34.2 Å². The molecular weight excluding hydrogens is 648 g/mol. The van der Waals surface area contributed by atoms with Gasteiger partial charge in [-0.1, -0.05) is 75.5 Å². The van der Waals surface area contributed by atoms with Gasteiger partial charge in [-0.3, -0.25) is 19.2 Å². The molecule has 0 saturated carbocycles. The minimum atomic E-state index is -1.19. The average molecular weight is 709 g/mol. The van der Waals surface area contributed by atoms with Crippen molar-refractivity contribution in [3.63, 3.8) is 0 Å². The van der Waals surface area contributed by atoms with Crippen molar-refractivity contribution in [3.8, 4) is 5.75 Å². The molecule has 1 aromatic rings. The fourth-order valence-corrected chi connectivity index (χ4v) is 6.81. The monoisotopic (exact) mass is 708 g/mol. The van der Waals surface area contributed by atoms with Crippen LogP contribution in [0.2, 0.25) is 0 Å². The van der Waals surface area contributed by atoms with E-state index in [2.05, 4.69) is 41.9 Å². The first kappa shape index (κ1) is 41.3. The number of rotatable bonds is 23. The molecule has 2 aliphatic rings. The Balaban J connectivity index is 1.34. The number of likely N-dealkylation sites (tertiary alicyclic amines) is 2. The molecule has 0 aromatic heterocycles. The highest BCUT2D eigenvalue weighted by atomic mass is 16.4. The van der Waals surface area contributed by atoms with Crippen molar-refractivity contribution < 1.29 is 34.2 Å². The second kappa shape index (κ2) is 23.3. The number of unbranched alkanes of at least 4 members (excludes halogenated alkanes) is 8. The average Bonchev–Trinajstić information content (AvgIpc) is 3.82. The lowest BCUT2D eigenvalue weighted by atomic mass is 10.1. The van der Waals surface area contributed by atoms with Crippen LogP contribution in [0, 0.1) is 0 Å². The van der Waals surface area contributed by atoms with Gasteiger partial charge in [0.1, 0.15) is 23.9 Å². The molecule has 3 rings (SSSR count). The summed E-state index contributed by atoms with van der Waals surface area (Å²) in [5, 5.41) is 24.1. The number of amides is 4. The van der Waals surface area contributed by atoms with Crippen molar-refractivity contribution in [2.45, 2.75) is 141 Å². The van der Waals surface area contributed by atoms with Gasteiger partial charge < -0.3 is 30.6 Å². The zero-order valence-corrected chi connectivity index (χ0v) is 30.5. The van der Waals surface area contributed by atoms with Gasteiger partial charge in [-0.05, 0) is 94.7 Å². The van der Waals surface area contributed by atoms with Crippen LogP contribution in [0.25, 0.3) is 0 Å². The Labute approximate surface area is 303 Å². The lowest BCUT2D eigenvalue weighted by Crippen LogP contribution is -2.54. The maximum Gasteiger partial charge on any atom is 0.326 e. The number of nitrogens with zero attached hydrogens (tertiary/aromatic N) is 2. The zero-order chi connectivity index (χ0) is 36.8. The van der Waals surface area contributed by atoms with Crippen molar-refractivity contribution >= 4 is 29.6 Å². The van der Waals surface area contributed by atoms with Gasteiger partial charge in [0.15, 0.2) is 0 Å². The Bertz CT molecular complexity index is 1310. The molecule has 4 N–H and O–H groups in total. The molecule has 51 heavy (non-hydrogen) atoms. The summed E-state index contributed by atoms with van der Waals surface area (Å²) in [4.78, 5) is 67.4. The van der Waals surface area contributed by atoms with Gasteiger partial charge in [0.25, 0.3) is 0 Å². The third-order valence-electron chi connectivity index (χ3n) is 9.75. The maximum absolute atomic E-state index is 13.6. The molecule has 11 nitrogen and oxygen atoms in total.